The Morgan fingerprint density at radius 1 is 1.33 bits per heavy atom. The van der Waals surface area contributed by atoms with Crippen molar-refractivity contribution in [2.24, 2.45) is 5.92 Å². The predicted molar refractivity (Wildman–Crippen MR) is 59.9 cm³/mol. The van der Waals surface area contributed by atoms with Crippen molar-refractivity contribution >= 4 is 11.8 Å². The fourth-order valence-corrected chi connectivity index (χ4v) is 1.83. The van der Waals surface area contributed by atoms with Crippen molar-refractivity contribution in [2.45, 2.75) is 33.6 Å². The largest absolute Gasteiger partial charge is 0.317 e. The molecule has 0 aromatic rings. The van der Waals surface area contributed by atoms with E-state index in [-0.39, 0.29) is 0 Å². The van der Waals surface area contributed by atoms with E-state index < -0.39 is 0 Å². The highest BCUT2D eigenvalue weighted by Gasteiger charge is 1.99. The molecule has 0 radical (unpaired) electrons. The molecule has 0 spiro atoms. The Morgan fingerprint density at radius 3 is 2.67 bits per heavy atom. The highest BCUT2D eigenvalue weighted by molar-refractivity contribution is 7.99. The van der Waals surface area contributed by atoms with Crippen LogP contribution in [-0.4, -0.2) is 24.6 Å². The molecule has 0 heterocycles. The molecule has 0 rings (SSSR count). The van der Waals surface area contributed by atoms with Gasteiger partial charge in [-0.15, -0.1) is 0 Å². The van der Waals surface area contributed by atoms with Gasteiger partial charge in [0, 0.05) is 0 Å². The second kappa shape index (κ2) is 9.40. The van der Waals surface area contributed by atoms with Crippen molar-refractivity contribution in [3.05, 3.63) is 0 Å². The van der Waals surface area contributed by atoms with Crippen LogP contribution in [0.15, 0.2) is 0 Å². The summed E-state index contributed by atoms with van der Waals surface area (Å²) in [4.78, 5) is 0. The van der Waals surface area contributed by atoms with Crippen molar-refractivity contribution in [2.75, 3.05) is 24.6 Å². The molecule has 1 N–H and O–H groups in total. The lowest BCUT2D eigenvalue weighted by molar-refractivity contribution is 0.485. The summed E-state index contributed by atoms with van der Waals surface area (Å²) < 4.78 is 0. The van der Waals surface area contributed by atoms with Gasteiger partial charge in [-0.1, -0.05) is 20.8 Å². The van der Waals surface area contributed by atoms with Gasteiger partial charge in [0.05, 0.1) is 0 Å². The van der Waals surface area contributed by atoms with Crippen LogP contribution in [0.2, 0.25) is 0 Å². The van der Waals surface area contributed by atoms with Crippen LogP contribution in [0.4, 0.5) is 0 Å². The Morgan fingerprint density at radius 2 is 2.08 bits per heavy atom. The van der Waals surface area contributed by atoms with E-state index in [4.69, 9.17) is 0 Å². The minimum Gasteiger partial charge on any atom is -0.317 e. The van der Waals surface area contributed by atoms with Crippen molar-refractivity contribution in [1.82, 2.24) is 5.32 Å². The van der Waals surface area contributed by atoms with E-state index >= 15 is 0 Å². The molecule has 0 saturated heterocycles. The smallest absolute Gasteiger partial charge is 0.00233 e. The maximum absolute atomic E-state index is 3.38. The average molecular weight is 189 g/mol. The monoisotopic (exact) mass is 189 g/mol. The lowest BCUT2D eigenvalue weighted by Crippen LogP contribution is -2.20. The Kier molecular flexibility index (Phi) is 9.64. The maximum Gasteiger partial charge on any atom is -0.00233 e. The fourth-order valence-electron chi connectivity index (χ4n) is 1.17. The molecule has 1 atom stereocenters. The summed E-state index contributed by atoms with van der Waals surface area (Å²) in [6.45, 7) is 9.02. The Balaban J connectivity index is 3.02. The number of nitrogens with one attached hydrogen (secondary N) is 1. The summed E-state index contributed by atoms with van der Waals surface area (Å²) in [5.74, 6) is 3.46. The molecule has 74 valence electrons. The lowest BCUT2D eigenvalue weighted by atomic mass is 10.1. The van der Waals surface area contributed by atoms with E-state index in [0.29, 0.717) is 0 Å². The standard InChI is InChI=1S/C10H23NS/c1-4-11-9-10(3)7-6-8-12-5-2/h10-11H,4-9H2,1-3H3. The van der Waals surface area contributed by atoms with Crippen LogP contribution >= 0.6 is 11.8 Å². The number of thioether (sulfide) groups is 1. The third kappa shape index (κ3) is 8.41. The third-order valence-corrected chi connectivity index (χ3v) is 2.92. The van der Waals surface area contributed by atoms with Crippen molar-refractivity contribution < 1.29 is 0 Å². The van der Waals surface area contributed by atoms with Crippen molar-refractivity contribution in [1.29, 1.82) is 0 Å². The summed E-state index contributed by atoms with van der Waals surface area (Å²) in [6.07, 6.45) is 2.76. The van der Waals surface area contributed by atoms with Crippen LogP contribution < -0.4 is 5.32 Å². The molecule has 1 nitrogen and oxygen atoms in total. The Hall–Kier alpha value is 0.310. The molecule has 0 aromatic heterocycles. The zero-order valence-electron chi connectivity index (χ0n) is 8.73. The molecule has 0 aliphatic rings. The molecular formula is C10H23NS. The molecule has 0 aliphatic carbocycles. The Labute approximate surface area is 81.7 Å². The molecular weight excluding hydrogens is 166 g/mol. The van der Waals surface area contributed by atoms with Crippen LogP contribution in [0.25, 0.3) is 0 Å². The van der Waals surface area contributed by atoms with Crippen LogP contribution in [0.3, 0.4) is 0 Å². The summed E-state index contributed by atoms with van der Waals surface area (Å²) in [5, 5.41) is 3.38. The first-order valence-electron chi connectivity index (χ1n) is 5.09. The van der Waals surface area contributed by atoms with Gasteiger partial charge in [0.2, 0.25) is 0 Å². The quantitative estimate of drug-likeness (QED) is 0.589. The summed E-state index contributed by atoms with van der Waals surface area (Å²) >= 11 is 2.05. The predicted octanol–water partition coefficient (Wildman–Crippen LogP) is 2.77. The molecule has 0 amide bonds. The molecule has 0 bridgehead atoms. The van der Waals surface area contributed by atoms with E-state index in [0.717, 1.165) is 12.5 Å². The van der Waals surface area contributed by atoms with Gasteiger partial charge < -0.3 is 5.32 Å². The van der Waals surface area contributed by atoms with Crippen LogP contribution in [-0.2, 0) is 0 Å². The molecule has 0 saturated carbocycles. The van der Waals surface area contributed by atoms with E-state index in [9.17, 15) is 0 Å². The maximum atomic E-state index is 3.38. The normalized spacial score (nSPS) is 13.2. The number of hydrogen-bond acceptors (Lipinski definition) is 2. The van der Waals surface area contributed by atoms with Crippen LogP contribution in [0, 0.1) is 5.92 Å². The first-order valence-corrected chi connectivity index (χ1v) is 6.25. The number of hydrogen-bond donors (Lipinski definition) is 1. The minimum atomic E-state index is 0.849. The zero-order valence-corrected chi connectivity index (χ0v) is 9.54. The highest BCUT2D eigenvalue weighted by Crippen LogP contribution is 2.09. The van der Waals surface area contributed by atoms with Gasteiger partial charge in [0.1, 0.15) is 0 Å². The van der Waals surface area contributed by atoms with Gasteiger partial charge in [0.25, 0.3) is 0 Å². The number of rotatable bonds is 8. The third-order valence-electron chi connectivity index (χ3n) is 1.93. The van der Waals surface area contributed by atoms with E-state index in [1.165, 1.54) is 30.9 Å². The second-order valence-electron chi connectivity index (χ2n) is 3.25. The van der Waals surface area contributed by atoms with Gasteiger partial charge in [-0.2, -0.15) is 11.8 Å². The van der Waals surface area contributed by atoms with Crippen molar-refractivity contribution in [3.63, 3.8) is 0 Å². The summed E-state index contributed by atoms with van der Waals surface area (Å²) in [5.41, 5.74) is 0. The molecule has 0 aromatic carbocycles. The SMILES string of the molecule is CCNCC(C)CCCSCC. The Bertz CT molecular complexity index is 85.9. The first-order chi connectivity index (χ1) is 5.81. The highest BCUT2D eigenvalue weighted by atomic mass is 32.2. The molecule has 0 fully saturated rings. The van der Waals surface area contributed by atoms with Gasteiger partial charge >= 0.3 is 0 Å². The minimum absolute atomic E-state index is 0.849. The van der Waals surface area contributed by atoms with Gasteiger partial charge in [-0.25, -0.2) is 0 Å². The van der Waals surface area contributed by atoms with Gasteiger partial charge in [0.15, 0.2) is 0 Å². The van der Waals surface area contributed by atoms with Crippen LogP contribution in [0.5, 0.6) is 0 Å². The molecule has 12 heavy (non-hydrogen) atoms. The molecule has 0 aliphatic heterocycles. The molecule has 1 unspecified atom stereocenters. The molecule has 2 heteroatoms. The topological polar surface area (TPSA) is 12.0 Å². The van der Waals surface area contributed by atoms with E-state index in [1.54, 1.807) is 0 Å². The second-order valence-corrected chi connectivity index (χ2v) is 4.65. The fraction of sp³-hybridized carbons (Fsp3) is 1.00. The first kappa shape index (κ1) is 12.3. The van der Waals surface area contributed by atoms with Gasteiger partial charge in [-0.3, -0.25) is 0 Å². The van der Waals surface area contributed by atoms with E-state index in [2.05, 4.69) is 37.8 Å². The van der Waals surface area contributed by atoms with Crippen molar-refractivity contribution in [3.8, 4) is 0 Å². The van der Waals surface area contributed by atoms with Gasteiger partial charge in [-0.05, 0) is 43.4 Å². The zero-order chi connectivity index (χ0) is 9.23. The average Bonchev–Trinajstić information content (AvgIpc) is 2.09. The summed E-state index contributed by atoms with van der Waals surface area (Å²) in [7, 11) is 0. The lowest BCUT2D eigenvalue weighted by Gasteiger charge is -2.10. The van der Waals surface area contributed by atoms with E-state index in [1.807, 2.05) is 0 Å². The summed E-state index contributed by atoms with van der Waals surface area (Å²) in [6, 6.07) is 0. The van der Waals surface area contributed by atoms with Crippen LogP contribution in [0.1, 0.15) is 33.6 Å².